The van der Waals surface area contributed by atoms with E-state index >= 15 is 0 Å². The highest BCUT2D eigenvalue weighted by Crippen LogP contribution is 2.28. The Bertz CT molecular complexity index is 1020. The largest absolute Gasteiger partial charge is 0.493 e. The van der Waals surface area contributed by atoms with E-state index in [-0.39, 0.29) is 6.67 Å². The zero-order valence-corrected chi connectivity index (χ0v) is 17.5. The molecular formula is C27H27FO2. The average molecular weight is 403 g/mol. The normalized spacial score (nSPS) is 11.0. The molecule has 2 nitrogen and oxygen atoms in total. The zero-order valence-electron chi connectivity index (χ0n) is 17.5. The molecule has 0 bridgehead atoms. The van der Waals surface area contributed by atoms with Crippen molar-refractivity contribution in [3.8, 4) is 16.9 Å². The van der Waals surface area contributed by atoms with Gasteiger partial charge >= 0.3 is 0 Å². The van der Waals surface area contributed by atoms with E-state index in [1.54, 1.807) is 0 Å². The molecule has 0 unspecified atom stereocenters. The third kappa shape index (κ3) is 5.24. The van der Waals surface area contributed by atoms with Crippen molar-refractivity contribution < 1.29 is 13.9 Å². The van der Waals surface area contributed by atoms with Gasteiger partial charge in [0.1, 0.15) is 5.75 Å². The highest BCUT2D eigenvalue weighted by Gasteiger charge is 2.08. The zero-order chi connectivity index (χ0) is 21.3. The maximum atomic E-state index is 12.3. The van der Waals surface area contributed by atoms with E-state index in [9.17, 15) is 9.18 Å². The van der Waals surface area contributed by atoms with Crippen LogP contribution in [0, 0.1) is 13.8 Å². The van der Waals surface area contributed by atoms with Crippen LogP contribution in [0.3, 0.4) is 0 Å². The number of unbranched alkanes of at least 4 members (excludes halogenated alkanes) is 1. The summed E-state index contributed by atoms with van der Waals surface area (Å²) >= 11 is 0. The molecule has 3 rings (SSSR count). The summed E-state index contributed by atoms with van der Waals surface area (Å²) in [6.07, 6.45) is 6.04. The number of carbonyl (C=O) groups is 1. The molecule has 0 radical (unpaired) electrons. The van der Waals surface area contributed by atoms with E-state index in [4.69, 9.17) is 4.74 Å². The van der Waals surface area contributed by atoms with Crippen molar-refractivity contribution in [1.29, 1.82) is 0 Å². The Kier molecular flexibility index (Phi) is 7.56. The highest BCUT2D eigenvalue weighted by molar-refractivity contribution is 5.83. The van der Waals surface area contributed by atoms with Gasteiger partial charge in [0, 0.05) is 0 Å². The molecule has 0 saturated carbocycles. The molecule has 30 heavy (non-hydrogen) atoms. The Morgan fingerprint density at radius 1 is 0.867 bits per heavy atom. The van der Waals surface area contributed by atoms with Crippen LogP contribution in [0.25, 0.3) is 23.3 Å². The summed E-state index contributed by atoms with van der Waals surface area (Å²) in [7, 11) is 0. The number of benzene rings is 3. The SMILES string of the molecule is Cc1cc(C=O)c(OCCCCF)cc1/C=C/c1cccc(-c2ccccc2)c1C. The van der Waals surface area contributed by atoms with E-state index in [2.05, 4.69) is 49.4 Å². The van der Waals surface area contributed by atoms with Gasteiger partial charge in [-0.2, -0.15) is 0 Å². The number of alkyl halides is 1. The van der Waals surface area contributed by atoms with Crippen LogP contribution in [0.5, 0.6) is 5.75 Å². The molecule has 0 heterocycles. The molecule has 0 aliphatic carbocycles. The fourth-order valence-electron chi connectivity index (χ4n) is 3.45. The monoisotopic (exact) mass is 402 g/mol. The number of carbonyl (C=O) groups excluding carboxylic acids is 1. The second-order valence-electron chi connectivity index (χ2n) is 7.33. The van der Waals surface area contributed by atoms with Crippen molar-refractivity contribution in [2.45, 2.75) is 26.7 Å². The van der Waals surface area contributed by atoms with E-state index in [1.165, 1.54) is 16.7 Å². The molecule has 0 aliphatic rings. The predicted molar refractivity (Wildman–Crippen MR) is 123 cm³/mol. The van der Waals surface area contributed by atoms with Crippen LogP contribution in [0.4, 0.5) is 4.39 Å². The topological polar surface area (TPSA) is 26.3 Å². The number of rotatable bonds is 9. The van der Waals surface area contributed by atoms with Crippen LogP contribution >= 0.6 is 0 Å². The van der Waals surface area contributed by atoms with Gasteiger partial charge in [0.05, 0.1) is 18.8 Å². The smallest absolute Gasteiger partial charge is 0.153 e. The van der Waals surface area contributed by atoms with Gasteiger partial charge in [0.15, 0.2) is 6.29 Å². The Labute approximate surface area is 178 Å². The molecule has 0 atom stereocenters. The van der Waals surface area contributed by atoms with Gasteiger partial charge in [-0.25, -0.2) is 0 Å². The first kappa shape index (κ1) is 21.5. The Hall–Kier alpha value is -3.20. The summed E-state index contributed by atoms with van der Waals surface area (Å²) in [4.78, 5) is 11.4. The number of halogens is 1. The minimum Gasteiger partial charge on any atom is -0.493 e. The van der Waals surface area contributed by atoms with Gasteiger partial charge in [-0.05, 0) is 72.2 Å². The van der Waals surface area contributed by atoms with Crippen molar-refractivity contribution in [1.82, 2.24) is 0 Å². The molecule has 3 aromatic carbocycles. The predicted octanol–water partition coefficient (Wildman–Crippen LogP) is 7.08. The van der Waals surface area contributed by atoms with Crippen LogP contribution in [-0.4, -0.2) is 19.6 Å². The number of aldehydes is 1. The molecule has 0 aliphatic heterocycles. The number of ether oxygens (including phenoxy) is 1. The number of aryl methyl sites for hydroxylation is 1. The molecule has 0 amide bonds. The van der Waals surface area contributed by atoms with Crippen LogP contribution in [0.2, 0.25) is 0 Å². The molecular weight excluding hydrogens is 375 g/mol. The Morgan fingerprint density at radius 3 is 2.37 bits per heavy atom. The third-order valence-electron chi connectivity index (χ3n) is 5.21. The van der Waals surface area contributed by atoms with E-state index in [0.29, 0.717) is 30.8 Å². The summed E-state index contributed by atoms with van der Waals surface area (Å²) in [5.74, 6) is 0.545. The molecule has 0 spiro atoms. The standard InChI is InChI=1S/C27H27FO2/c1-20-17-25(19-29)27(30-16-7-6-15-28)18-24(20)14-13-22-11-8-12-26(21(22)2)23-9-4-3-5-10-23/h3-5,8-14,17-19H,6-7,15-16H2,1-2H3/b14-13+. The maximum absolute atomic E-state index is 12.3. The lowest BCUT2D eigenvalue weighted by Gasteiger charge is -2.12. The summed E-state index contributed by atoms with van der Waals surface area (Å²) in [5, 5.41) is 0. The fraction of sp³-hybridized carbons (Fsp3) is 0.222. The third-order valence-corrected chi connectivity index (χ3v) is 5.21. The van der Waals surface area contributed by atoms with Gasteiger partial charge in [-0.15, -0.1) is 0 Å². The van der Waals surface area contributed by atoms with Crippen molar-refractivity contribution in [2.24, 2.45) is 0 Å². The summed E-state index contributed by atoms with van der Waals surface area (Å²) < 4.78 is 18.0. The van der Waals surface area contributed by atoms with Crippen LogP contribution < -0.4 is 4.74 Å². The molecule has 0 saturated heterocycles. The number of hydrogen-bond acceptors (Lipinski definition) is 2. The Balaban J connectivity index is 1.88. The molecule has 0 N–H and O–H groups in total. The van der Waals surface area contributed by atoms with Crippen LogP contribution in [-0.2, 0) is 0 Å². The lowest BCUT2D eigenvalue weighted by atomic mass is 9.95. The highest BCUT2D eigenvalue weighted by atomic mass is 19.1. The van der Waals surface area contributed by atoms with E-state index in [0.717, 1.165) is 23.0 Å². The van der Waals surface area contributed by atoms with Crippen molar-refractivity contribution in [2.75, 3.05) is 13.3 Å². The lowest BCUT2D eigenvalue weighted by Crippen LogP contribution is -2.01. The van der Waals surface area contributed by atoms with Gasteiger partial charge < -0.3 is 4.74 Å². The van der Waals surface area contributed by atoms with E-state index < -0.39 is 0 Å². The van der Waals surface area contributed by atoms with Gasteiger partial charge in [0.25, 0.3) is 0 Å². The number of hydrogen-bond donors (Lipinski definition) is 0. The summed E-state index contributed by atoms with van der Waals surface area (Å²) in [6.45, 7) is 4.15. The molecule has 0 aromatic heterocycles. The molecule has 154 valence electrons. The lowest BCUT2D eigenvalue weighted by molar-refractivity contribution is 0.111. The molecule has 0 fully saturated rings. The summed E-state index contributed by atoms with van der Waals surface area (Å²) in [5.41, 5.74) is 7.27. The van der Waals surface area contributed by atoms with Crippen molar-refractivity contribution in [3.05, 3.63) is 88.5 Å². The van der Waals surface area contributed by atoms with E-state index in [1.807, 2.05) is 37.3 Å². The first-order valence-electron chi connectivity index (χ1n) is 10.3. The van der Waals surface area contributed by atoms with Gasteiger partial charge in [-0.1, -0.05) is 60.7 Å². The van der Waals surface area contributed by atoms with Crippen molar-refractivity contribution >= 4 is 18.4 Å². The first-order valence-corrected chi connectivity index (χ1v) is 10.3. The summed E-state index contributed by atoms with van der Waals surface area (Å²) in [6, 6.07) is 20.4. The second kappa shape index (κ2) is 10.5. The minimum atomic E-state index is -0.354. The minimum absolute atomic E-state index is 0.354. The second-order valence-corrected chi connectivity index (χ2v) is 7.33. The van der Waals surface area contributed by atoms with Crippen LogP contribution in [0.15, 0.2) is 60.7 Å². The van der Waals surface area contributed by atoms with Crippen LogP contribution in [0.1, 0.15) is 45.5 Å². The van der Waals surface area contributed by atoms with Crippen molar-refractivity contribution in [3.63, 3.8) is 0 Å². The van der Waals surface area contributed by atoms with Gasteiger partial charge in [-0.3, -0.25) is 9.18 Å². The quantitative estimate of drug-likeness (QED) is 0.217. The average Bonchev–Trinajstić information content (AvgIpc) is 2.77. The molecule has 3 aromatic rings. The van der Waals surface area contributed by atoms with Gasteiger partial charge in [0.2, 0.25) is 0 Å². The fourth-order valence-corrected chi connectivity index (χ4v) is 3.45. The maximum Gasteiger partial charge on any atom is 0.153 e. The Morgan fingerprint density at radius 2 is 1.63 bits per heavy atom. The first-order chi connectivity index (χ1) is 14.6. The molecule has 3 heteroatoms.